The Hall–Kier alpha value is -1.62. The Kier molecular flexibility index (Phi) is 2.47. The van der Waals surface area contributed by atoms with Gasteiger partial charge >= 0.3 is 0 Å². The first kappa shape index (κ1) is 12.9. The van der Waals surface area contributed by atoms with Crippen LogP contribution in [0.4, 0.5) is 10.2 Å². The molecule has 4 fully saturated rings. The summed E-state index contributed by atoms with van der Waals surface area (Å²) in [6.45, 7) is 4.21. The molecule has 3 saturated heterocycles. The van der Waals surface area contributed by atoms with Gasteiger partial charge in [0.1, 0.15) is 5.82 Å². The summed E-state index contributed by atoms with van der Waals surface area (Å²) in [5.74, 6) is 1.21. The molecule has 0 unspecified atom stereocenters. The Balaban J connectivity index is 1.52. The maximum Gasteiger partial charge on any atom is 0.177 e. The zero-order valence-electron chi connectivity index (χ0n) is 12.7. The predicted octanol–water partition coefficient (Wildman–Crippen LogP) is 3.31. The first-order valence-corrected chi connectivity index (χ1v) is 8.24. The molecular weight excluding hydrogens is 281 g/mol. The number of nitrogens with one attached hydrogen (secondary N) is 1. The first-order chi connectivity index (χ1) is 10.7. The molecule has 1 atom stereocenters. The fraction of sp³-hybridized carbons (Fsp3) is 0.588. The van der Waals surface area contributed by atoms with Gasteiger partial charge in [0.25, 0.3) is 0 Å². The molecule has 116 valence electrons. The van der Waals surface area contributed by atoms with Gasteiger partial charge < -0.3 is 9.84 Å². The monoisotopic (exact) mass is 301 g/mol. The largest absolute Gasteiger partial charge is 0.362 e. The second-order valence-corrected chi connectivity index (χ2v) is 7.18. The zero-order chi connectivity index (χ0) is 14.9. The van der Waals surface area contributed by atoms with Gasteiger partial charge in [0.2, 0.25) is 0 Å². The van der Waals surface area contributed by atoms with Gasteiger partial charge in [0.05, 0.1) is 5.39 Å². The number of nitrogens with zero attached hydrogens (tertiary/aromatic N) is 2. The molecule has 4 aliphatic rings. The van der Waals surface area contributed by atoms with Gasteiger partial charge in [-0.15, -0.1) is 0 Å². The summed E-state index contributed by atoms with van der Waals surface area (Å²) in [7, 11) is 0. The molecule has 6 rings (SSSR count). The Morgan fingerprint density at radius 3 is 2.82 bits per heavy atom. The number of fused-ring (bicyclic) bond motifs is 3. The van der Waals surface area contributed by atoms with E-state index in [1.165, 1.54) is 38.8 Å². The molecule has 0 radical (unpaired) electrons. The highest BCUT2D eigenvalue weighted by molar-refractivity contribution is 5.88. The molecule has 1 N–H and O–H groups in total. The van der Waals surface area contributed by atoms with Crippen molar-refractivity contribution in [2.75, 3.05) is 18.4 Å². The third kappa shape index (κ3) is 1.63. The molecule has 2 bridgehead atoms. The number of anilines is 1. The number of piperidine rings is 3. The lowest BCUT2D eigenvalue weighted by molar-refractivity contribution is 0.0202. The molecule has 1 aromatic heterocycles. The maximum absolute atomic E-state index is 13.9. The topological polar surface area (TPSA) is 41.3 Å². The third-order valence-electron chi connectivity index (χ3n) is 6.03. The van der Waals surface area contributed by atoms with E-state index < -0.39 is 0 Å². The lowest BCUT2D eigenvalue weighted by Gasteiger charge is -2.52. The van der Waals surface area contributed by atoms with Crippen LogP contribution in [0.1, 0.15) is 31.2 Å². The van der Waals surface area contributed by atoms with Crippen LogP contribution in [0, 0.1) is 18.7 Å². The summed E-state index contributed by atoms with van der Waals surface area (Å²) < 4.78 is 19.3. The Morgan fingerprint density at radius 1 is 1.32 bits per heavy atom. The van der Waals surface area contributed by atoms with E-state index in [0.29, 0.717) is 34.5 Å². The van der Waals surface area contributed by atoms with Crippen molar-refractivity contribution in [1.82, 2.24) is 10.1 Å². The summed E-state index contributed by atoms with van der Waals surface area (Å²) in [5, 5.41) is 8.56. The summed E-state index contributed by atoms with van der Waals surface area (Å²) in [6, 6.07) is 3.70. The standard InChI is InChI=1S/C17H20FN3O/c1-10-8-14-12(9-13(10)18)16(20-22-14)19-15-11-2-6-21(7-3-11)17(15)4-5-17/h8-9,11,15H,2-7H2,1H3,(H,19,20)/t15-/m0/s1. The number of hydrogen-bond acceptors (Lipinski definition) is 4. The highest BCUT2D eigenvalue weighted by Gasteiger charge is 2.60. The fourth-order valence-corrected chi connectivity index (χ4v) is 4.63. The van der Waals surface area contributed by atoms with E-state index in [1.807, 2.05) is 0 Å². The van der Waals surface area contributed by atoms with Crippen LogP contribution in [0.5, 0.6) is 0 Å². The van der Waals surface area contributed by atoms with Crippen LogP contribution in [0.3, 0.4) is 0 Å². The van der Waals surface area contributed by atoms with E-state index in [1.54, 1.807) is 19.1 Å². The Labute approximate surface area is 128 Å². The zero-order valence-corrected chi connectivity index (χ0v) is 12.7. The van der Waals surface area contributed by atoms with Crippen LogP contribution in [0.15, 0.2) is 16.7 Å². The van der Waals surface area contributed by atoms with Crippen LogP contribution < -0.4 is 5.32 Å². The molecule has 2 aromatic rings. The summed E-state index contributed by atoms with van der Waals surface area (Å²) in [4.78, 5) is 2.65. The van der Waals surface area contributed by atoms with Crippen molar-refractivity contribution in [1.29, 1.82) is 0 Å². The fourth-order valence-electron chi connectivity index (χ4n) is 4.63. The molecule has 5 heteroatoms. The van der Waals surface area contributed by atoms with Crippen molar-refractivity contribution in [3.8, 4) is 0 Å². The average molecular weight is 301 g/mol. The summed E-state index contributed by atoms with van der Waals surface area (Å²) >= 11 is 0. The van der Waals surface area contributed by atoms with Crippen LogP contribution in [0.2, 0.25) is 0 Å². The highest BCUT2D eigenvalue weighted by Crippen LogP contribution is 2.54. The Bertz CT molecular complexity index is 744. The minimum atomic E-state index is -0.200. The van der Waals surface area contributed by atoms with Crippen molar-refractivity contribution in [3.63, 3.8) is 0 Å². The SMILES string of the molecule is Cc1cc2onc(N[C@H]3C4CCN(CC4)C34CC4)c2cc1F. The third-order valence-corrected chi connectivity index (χ3v) is 6.03. The van der Waals surface area contributed by atoms with Gasteiger partial charge in [0, 0.05) is 11.6 Å². The molecule has 1 spiro atoms. The first-order valence-electron chi connectivity index (χ1n) is 8.24. The maximum atomic E-state index is 13.9. The van der Waals surface area contributed by atoms with Crippen molar-refractivity contribution in [3.05, 3.63) is 23.5 Å². The lowest BCUT2D eigenvalue weighted by Crippen LogP contribution is -2.62. The number of hydrogen-bond donors (Lipinski definition) is 1. The van der Waals surface area contributed by atoms with E-state index in [2.05, 4.69) is 15.4 Å². The molecule has 3 aliphatic heterocycles. The average Bonchev–Trinajstić information content (AvgIpc) is 3.22. The van der Waals surface area contributed by atoms with Gasteiger partial charge in [-0.25, -0.2) is 4.39 Å². The van der Waals surface area contributed by atoms with Gasteiger partial charge in [0.15, 0.2) is 11.4 Å². The van der Waals surface area contributed by atoms with Crippen molar-refractivity contribution >= 4 is 16.8 Å². The molecular formula is C17H20FN3O. The quantitative estimate of drug-likeness (QED) is 0.924. The number of aromatic nitrogens is 1. The van der Waals surface area contributed by atoms with Crippen molar-refractivity contribution in [2.24, 2.45) is 5.92 Å². The van der Waals surface area contributed by atoms with E-state index in [-0.39, 0.29) is 5.82 Å². The second kappa shape index (κ2) is 4.22. The molecule has 4 nitrogen and oxygen atoms in total. The number of halogens is 1. The minimum absolute atomic E-state index is 0.200. The van der Waals surface area contributed by atoms with Crippen molar-refractivity contribution < 1.29 is 8.91 Å². The van der Waals surface area contributed by atoms with Crippen LogP contribution in [0.25, 0.3) is 11.0 Å². The second-order valence-electron chi connectivity index (χ2n) is 7.18. The van der Waals surface area contributed by atoms with E-state index in [9.17, 15) is 4.39 Å². The van der Waals surface area contributed by atoms with E-state index in [4.69, 9.17) is 4.52 Å². The molecule has 1 aromatic carbocycles. The molecule has 1 saturated carbocycles. The number of benzene rings is 1. The molecule has 4 heterocycles. The predicted molar refractivity (Wildman–Crippen MR) is 82.4 cm³/mol. The molecule has 0 amide bonds. The molecule has 22 heavy (non-hydrogen) atoms. The van der Waals surface area contributed by atoms with Crippen LogP contribution in [-0.2, 0) is 0 Å². The summed E-state index contributed by atoms with van der Waals surface area (Å²) in [5.41, 5.74) is 1.58. The lowest BCUT2D eigenvalue weighted by atomic mass is 9.77. The normalized spacial score (nSPS) is 31.8. The summed E-state index contributed by atoms with van der Waals surface area (Å²) in [6.07, 6.45) is 5.04. The number of rotatable bonds is 2. The van der Waals surface area contributed by atoms with Gasteiger partial charge in [-0.2, -0.15) is 0 Å². The smallest absolute Gasteiger partial charge is 0.177 e. The number of aryl methyl sites for hydroxylation is 1. The molecule has 1 aliphatic carbocycles. The minimum Gasteiger partial charge on any atom is -0.362 e. The van der Waals surface area contributed by atoms with E-state index in [0.717, 1.165) is 5.39 Å². The highest BCUT2D eigenvalue weighted by atomic mass is 19.1. The van der Waals surface area contributed by atoms with Gasteiger partial charge in [-0.05, 0) is 69.3 Å². The van der Waals surface area contributed by atoms with Gasteiger partial charge in [-0.1, -0.05) is 5.16 Å². The van der Waals surface area contributed by atoms with Gasteiger partial charge in [-0.3, -0.25) is 4.90 Å². The van der Waals surface area contributed by atoms with Crippen LogP contribution >= 0.6 is 0 Å². The van der Waals surface area contributed by atoms with E-state index >= 15 is 0 Å². The van der Waals surface area contributed by atoms with Crippen molar-refractivity contribution in [2.45, 2.75) is 44.2 Å². The van der Waals surface area contributed by atoms with Crippen LogP contribution in [-0.4, -0.2) is 34.7 Å². The Morgan fingerprint density at radius 2 is 2.09 bits per heavy atom.